The molecule has 0 saturated heterocycles. The summed E-state index contributed by atoms with van der Waals surface area (Å²) in [5.41, 5.74) is 0.289. The van der Waals surface area contributed by atoms with Crippen molar-refractivity contribution in [3.63, 3.8) is 0 Å². The average Bonchev–Trinajstić information content (AvgIpc) is 2.15. The second-order valence-electron chi connectivity index (χ2n) is 6.53. The molecule has 0 aliphatic heterocycles. The van der Waals surface area contributed by atoms with Crippen LogP contribution in [0.2, 0.25) is 0 Å². The van der Waals surface area contributed by atoms with Gasteiger partial charge < -0.3 is 4.74 Å². The number of rotatable bonds is 9. The van der Waals surface area contributed by atoms with E-state index in [0.29, 0.717) is 0 Å². The van der Waals surface area contributed by atoms with Crippen LogP contribution in [0.25, 0.3) is 0 Å². The lowest BCUT2D eigenvalue weighted by molar-refractivity contribution is 0.0271. The van der Waals surface area contributed by atoms with E-state index < -0.39 is 0 Å². The fourth-order valence-electron chi connectivity index (χ4n) is 2.73. The monoisotopic (exact) mass is 241 g/mol. The number of hydrogen-bond acceptors (Lipinski definition) is 1. The first-order valence-electron chi connectivity index (χ1n) is 7.22. The van der Waals surface area contributed by atoms with Crippen molar-refractivity contribution in [2.75, 3.05) is 13.2 Å². The molecule has 103 valence electrons. The summed E-state index contributed by atoms with van der Waals surface area (Å²) >= 11 is 0. The van der Waals surface area contributed by atoms with Gasteiger partial charge in [-0.05, 0) is 42.4 Å². The minimum atomic E-state index is 0.289. The van der Waals surface area contributed by atoms with E-state index in [4.69, 9.17) is 4.74 Å². The largest absolute Gasteiger partial charge is 0.381 e. The van der Waals surface area contributed by atoms with Crippen molar-refractivity contribution in [1.82, 2.24) is 0 Å². The number of hydrogen-bond donors (Lipinski definition) is 0. The Morgan fingerprint density at radius 3 is 1.76 bits per heavy atom. The molecule has 0 aliphatic rings. The van der Waals surface area contributed by atoms with Crippen LogP contribution < -0.4 is 0 Å². The molecule has 0 N–H and O–H groups in total. The van der Waals surface area contributed by atoms with E-state index in [2.05, 4.69) is 48.5 Å². The van der Waals surface area contributed by atoms with Crippen molar-refractivity contribution >= 4 is 0 Å². The van der Waals surface area contributed by atoms with Crippen LogP contribution in [0.4, 0.5) is 0 Å². The maximum Gasteiger partial charge on any atom is 0.0527 e. The zero-order valence-electron chi connectivity index (χ0n) is 13.1. The van der Waals surface area contributed by atoms with Crippen LogP contribution in [0, 0.1) is 23.2 Å². The van der Waals surface area contributed by atoms with Crippen molar-refractivity contribution in [2.45, 2.75) is 67.7 Å². The van der Waals surface area contributed by atoms with Gasteiger partial charge in [-0.1, -0.05) is 48.5 Å². The van der Waals surface area contributed by atoms with Gasteiger partial charge in [0.25, 0.3) is 0 Å². The van der Waals surface area contributed by atoms with E-state index in [1.54, 1.807) is 0 Å². The second-order valence-corrected chi connectivity index (χ2v) is 6.53. The highest BCUT2D eigenvalue weighted by molar-refractivity contribution is 5.01. The van der Waals surface area contributed by atoms with Crippen molar-refractivity contribution in [2.24, 2.45) is 17.3 Å². The summed E-state index contributed by atoms with van der Waals surface area (Å²) in [7, 11) is 0. The molecule has 0 fully saturated rings. The van der Waals surface area contributed by atoms with Gasteiger partial charge >= 0.3 is 0 Å². The summed E-state index contributed by atoms with van der Waals surface area (Å²) < 4.78 is 5.89. The van der Waals surface area contributed by atoms with Crippen LogP contribution in [0.15, 0.2) is 0 Å². The molecule has 1 nitrogen and oxygen atoms in total. The Morgan fingerprint density at radius 1 is 1.00 bits per heavy atom. The molecule has 0 unspecified atom stereocenters. The molecule has 0 amide bonds. The van der Waals surface area contributed by atoms with E-state index in [9.17, 15) is 0 Å². The van der Waals surface area contributed by atoms with E-state index in [-0.39, 0.29) is 5.41 Å². The zero-order chi connectivity index (χ0) is 13.5. The molecule has 0 rings (SSSR count). The molecule has 0 bridgehead atoms. The Morgan fingerprint density at radius 2 is 1.47 bits per heavy atom. The van der Waals surface area contributed by atoms with Gasteiger partial charge in [-0.2, -0.15) is 0 Å². The van der Waals surface area contributed by atoms with E-state index in [1.807, 2.05) is 0 Å². The van der Waals surface area contributed by atoms with Crippen LogP contribution in [0.5, 0.6) is 0 Å². The zero-order valence-corrected chi connectivity index (χ0v) is 13.1. The van der Waals surface area contributed by atoms with Gasteiger partial charge in [0, 0.05) is 6.61 Å². The molecule has 0 saturated carbocycles. The highest BCUT2D eigenvalue weighted by Crippen LogP contribution is 2.42. The standard InChI is InChI=1S/C16H33O/c1-8-9-17-12-16(15(6)7,10-13(2)3)11-14(4)5/h13-14H,8-12H2,1-7H3. The summed E-state index contributed by atoms with van der Waals surface area (Å²) in [6, 6.07) is 0. The van der Waals surface area contributed by atoms with Crippen LogP contribution >= 0.6 is 0 Å². The van der Waals surface area contributed by atoms with Gasteiger partial charge in [0.15, 0.2) is 0 Å². The quantitative estimate of drug-likeness (QED) is 0.510. The molecule has 17 heavy (non-hydrogen) atoms. The minimum absolute atomic E-state index is 0.289. The van der Waals surface area contributed by atoms with Gasteiger partial charge in [-0.25, -0.2) is 0 Å². The predicted octanol–water partition coefficient (Wildman–Crippen LogP) is 5.11. The normalized spacial score (nSPS) is 13.1. The molecule has 0 aromatic carbocycles. The van der Waals surface area contributed by atoms with Gasteiger partial charge in [-0.3, -0.25) is 0 Å². The molecule has 0 aromatic rings. The highest BCUT2D eigenvalue weighted by Gasteiger charge is 2.35. The maximum atomic E-state index is 5.89. The molecular weight excluding hydrogens is 208 g/mol. The lowest BCUT2D eigenvalue weighted by Gasteiger charge is -2.40. The topological polar surface area (TPSA) is 9.23 Å². The van der Waals surface area contributed by atoms with Crippen LogP contribution in [0.1, 0.15) is 67.7 Å². The van der Waals surface area contributed by atoms with Crippen LogP contribution in [0.3, 0.4) is 0 Å². The van der Waals surface area contributed by atoms with Crippen molar-refractivity contribution in [1.29, 1.82) is 0 Å². The SMILES string of the molecule is CCCOCC(CC(C)C)(CC(C)C)[C](C)C. The molecule has 1 radical (unpaired) electrons. The predicted molar refractivity (Wildman–Crippen MR) is 77.0 cm³/mol. The Balaban J connectivity index is 4.69. The summed E-state index contributed by atoms with van der Waals surface area (Å²) in [6.45, 7) is 17.8. The molecule has 0 aliphatic carbocycles. The van der Waals surface area contributed by atoms with Crippen molar-refractivity contribution < 1.29 is 4.74 Å². The van der Waals surface area contributed by atoms with E-state index in [1.165, 1.54) is 18.8 Å². The molecule has 0 aromatic heterocycles. The lowest BCUT2D eigenvalue weighted by Crippen LogP contribution is -2.35. The first-order valence-corrected chi connectivity index (χ1v) is 7.22. The fraction of sp³-hybridized carbons (Fsp3) is 0.938. The third-order valence-corrected chi connectivity index (χ3v) is 3.39. The van der Waals surface area contributed by atoms with Crippen LogP contribution in [-0.2, 0) is 4.74 Å². The third kappa shape index (κ3) is 6.45. The van der Waals surface area contributed by atoms with Crippen molar-refractivity contribution in [3.8, 4) is 0 Å². The molecular formula is C16H33O. The second kappa shape index (κ2) is 8.13. The van der Waals surface area contributed by atoms with Gasteiger partial charge in [0.05, 0.1) is 6.61 Å². The molecule has 1 heteroatoms. The minimum Gasteiger partial charge on any atom is -0.381 e. The summed E-state index contributed by atoms with van der Waals surface area (Å²) in [4.78, 5) is 0. The number of ether oxygens (including phenoxy) is 1. The maximum absolute atomic E-state index is 5.89. The Bertz CT molecular complexity index is 172. The first kappa shape index (κ1) is 17.0. The summed E-state index contributed by atoms with van der Waals surface area (Å²) in [5.74, 6) is 3.00. The Kier molecular flexibility index (Phi) is 8.11. The van der Waals surface area contributed by atoms with Gasteiger partial charge in [0.1, 0.15) is 0 Å². The van der Waals surface area contributed by atoms with Crippen LogP contribution in [-0.4, -0.2) is 13.2 Å². The lowest BCUT2D eigenvalue weighted by atomic mass is 9.67. The smallest absolute Gasteiger partial charge is 0.0527 e. The van der Waals surface area contributed by atoms with E-state index in [0.717, 1.165) is 31.5 Å². The molecule has 0 atom stereocenters. The summed E-state index contributed by atoms with van der Waals surface area (Å²) in [5, 5.41) is 0. The molecule has 0 spiro atoms. The first-order chi connectivity index (χ1) is 7.84. The van der Waals surface area contributed by atoms with Gasteiger partial charge in [-0.15, -0.1) is 0 Å². The fourth-order valence-corrected chi connectivity index (χ4v) is 2.73. The third-order valence-electron chi connectivity index (χ3n) is 3.39. The summed E-state index contributed by atoms with van der Waals surface area (Å²) in [6.07, 6.45) is 3.61. The highest BCUT2D eigenvalue weighted by atomic mass is 16.5. The average molecular weight is 241 g/mol. The Hall–Kier alpha value is -0.0400. The molecule has 0 heterocycles. The van der Waals surface area contributed by atoms with Crippen molar-refractivity contribution in [3.05, 3.63) is 5.92 Å². The Labute approximate surface area is 109 Å². The van der Waals surface area contributed by atoms with Gasteiger partial charge in [0.2, 0.25) is 0 Å². The van der Waals surface area contributed by atoms with E-state index >= 15 is 0 Å².